The maximum Gasteiger partial charge on any atom is 0.282 e. The molecule has 0 bridgehead atoms. The molecule has 1 aromatic rings. The minimum Gasteiger partial charge on any atom is -0.195 e. The Kier molecular flexibility index (Phi) is 4.37. The molecule has 0 saturated carbocycles. The van der Waals surface area contributed by atoms with Crippen molar-refractivity contribution in [1.82, 2.24) is 8.61 Å². The second kappa shape index (κ2) is 5.82. The average Bonchev–Trinajstić information content (AvgIpc) is 2.41. The van der Waals surface area contributed by atoms with Crippen molar-refractivity contribution in [1.29, 1.82) is 0 Å². The summed E-state index contributed by atoms with van der Waals surface area (Å²) in [7, 11) is -1.64. The molecule has 0 spiro atoms. The first-order valence-electron chi connectivity index (χ1n) is 6.36. The van der Waals surface area contributed by atoms with Crippen LogP contribution in [0.5, 0.6) is 0 Å². The molecular weight excluding hydrogens is 248 g/mol. The second-order valence-corrected chi connectivity index (χ2v) is 6.74. The van der Waals surface area contributed by atoms with E-state index in [1.165, 1.54) is 4.31 Å². The molecular formula is C13H20N2O2S. The molecule has 1 aliphatic rings. The van der Waals surface area contributed by atoms with Crippen molar-refractivity contribution in [2.24, 2.45) is 0 Å². The number of hydrogen-bond donors (Lipinski definition) is 0. The minimum atomic E-state index is -3.29. The van der Waals surface area contributed by atoms with E-state index in [0.29, 0.717) is 19.6 Å². The molecule has 1 aliphatic heterocycles. The van der Waals surface area contributed by atoms with Crippen molar-refractivity contribution in [3.05, 3.63) is 35.9 Å². The van der Waals surface area contributed by atoms with Gasteiger partial charge in [0, 0.05) is 26.7 Å². The van der Waals surface area contributed by atoms with E-state index in [9.17, 15) is 8.42 Å². The standard InChI is InChI=1S/C13H20N2O2S/c1-14(12-13-8-4-2-5-9-13)18(16,17)15-10-6-3-7-11-15/h2,4-5,8-9H,3,6-7,10-12H2,1H3. The van der Waals surface area contributed by atoms with Crippen LogP contribution in [0.2, 0.25) is 0 Å². The predicted molar refractivity (Wildman–Crippen MR) is 72.3 cm³/mol. The van der Waals surface area contributed by atoms with Crippen LogP contribution in [0.25, 0.3) is 0 Å². The van der Waals surface area contributed by atoms with Gasteiger partial charge in [0.15, 0.2) is 0 Å². The van der Waals surface area contributed by atoms with Crippen LogP contribution >= 0.6 is 0 Å². The fourth-order valence-corrected chi connectivity index (χ4v) is 3.64. The molecule has 1 aromatic carbocycles. The second-order valence-electron chi connectivity index (χ2n) is 4.71. The van der Waals surface area contributed by atoms with Crippen molar-refractivity contribution < 1.29 is 8.42 Å². The molecule has 2 rings (SSSR count). The fraction of sp³-hybridized carbons (Fsp3) is 0.538. The topological polar surface area (TPSA) is 40.6 Å². The van der Waals surface area contributed by atoms with Gasteiger partial charge in [-0.1, -0.05) is 36.8 Å². The lowest BCUT2D eigenvalue weighted by atomic mass is 10.2. The summed E-state index contributed by atoms with van der Waals surface area (Å²) < 4.78 is 27.7. The Morgan fingerprint density at radius 3 is 2.33 bits per heavy atom. The summed E-state index contributed by atoms with van der Waals surface area (Å²) in [6.45, 7) is 1.74. The summed E-state index contributed by atoms with van der Waals surface area (Å²) in [5, 5.41) is 0. The summed E-state index contributed by atoms with van der Waals surface area (Å²) in [6, 6.07) is 9.68. The first-order chi connectivity index (χ1) is 8.60. The van der Waals surface area contributed by atoms with Gasteiger partial charge in [-0.15, -0.1) is 0 Å². The highest BCUT2D eigenvalue weighted by Crippen LogP contribution is 2.17. The van der Waals surface area contributed by atoms with Crippen molar-refractivity contribution in [2.75, 3.05) is 20.1 Å². The zero-order valence-corrected chi connectivity index (χ0v) is 11.6. The molecule has 4 nitrogen and oxygen atoms in total. The third kappa shape index (κ3) is 3.10. The number of hydrogen-bond acceptors (Lipinski definition) is 2. The summed E-state index contributed by atoms with van der Waals surface area (Å²) in [4.78, 5) is 0. The minimum absolute atomic E-state index is 0.430. The lowest BCUT2D eigenvalue weighted by Crippen LogP contribution is -2.43. The maximum absolute atomic E-state index is 12.3. The van der Waals surface area contributed by atoms with E-state index >= 15 is 0 Å². The molecule has 5 heteroatoms. The van der Waals surface area contributed by atoms with Crippen LogP contribution in [0.15, 0.2) is 30.3 Å². The largest absolute Gasteiger partial charge is 0.282 e. The van der Waals surface area contributed by atoms with Gasteiger partial charge in [0.05, 0.1) is 0 Å². The highest BCUT2D eigenvalue weighted by Gasteiger charge is 2.27. The number of rotatable bonds is 4. The number of nitrogens with zero attached hydrogens (tertiary/aromatic N) is 2. The molecule has 0 aliphatic carbocycles. The Morgan fingerprint density at radius 1 is 1.11 bits per heavy atom. The molecule has 0 amide bonds. The van der Waals surface area contributed by atoms with Crippen molar-refractivity contribution in [2.45, 2.75) is 25.8 Å². The molecule has 1 saturated heterocycles. The van der Waals surface area contributed by atoms with Crippen LogP contribution in [0.4, 0.5) is 0 Å². The van der Waals surface area contributed by atoms with Crippen LogP contribution in [0, 0.1) is 0 Å². The first kappa shape index (κ1) is 13.5. The van der Waals surface area contributed by atoms with Gasteiger partial charge in [0.1, 0.15) is 0 Å². The monoisotopic (exact) mass is 268 g/mol. The van der Waals surface area contributed by atoms with Crippen LogP contribution in [-0.2, 0) is 16.8 Å². The van der Waals surface area contributed by atoms with Gasteiger partial charge in [-0.2, -0.15) is 17.0 Å². The van der Waals surface area contributed by atoms with Crippen LogP contribution in [0.3, 0.4) is 0 Å². The molecule has 18 heavy (non-hydrogen) atoms. The zero-order chi connectivity index (χ0) is 13.0. The van der Waals surface area contributed by atoms with Gasteiger partial charge in [0.25, 0.3) is 10.2 Å². The van der Waals surface area contributed by atoms with E-state index in [1.807, 2.05) is 30.3 Å². The number of benzene rings is 1. The third-order valence-electron chi connectivity index (χ3n) is 3.28. The molecule has 0 N–H and O–H groups in total. The van der Waals surface area contributed by atoms with Crippen LogP contribution in [0.1, 0.15) is 24.8 Å². The Hall–Kier alpha value is -0.910. The molecule has 0 atom stereocenters. The highest BCUT2D eigenvalue weighted by atomic mass is 32.2. The van der Waals surface area contributed by atoms with E-state index in [-0.39, 0.29) is 0 Å². The first-order valence-corrected chi connectivity index (χ1v) is 7.76. The van der Waals surface area contributed by atoms with E-state index in [2.05, 4.69) is 0 Å². The van der Waals surface area contributed by atoms with Gasteiger partial charge in [-0.3, -0.25) is 0 Å². The maximum atomic E-state index is 12.3. The summed E-state index contributed by atoms with van der Waals surface area (Å²) in [5.41, 5.74) is 1.01. The fourth-order valence-electron chi connectivity index (χ4n) is 2.21. The summed E-state index contributed by atoms with van der Waals surface area (Å²) >= 11 is 0. The molecule has 0 unspecified atom stereocenters. The Bertz CT molecular complexity index is 467. The normalized spacial score (nSPS) is 18.1. The lowest BCUT2D eigenvalue weighted by Gasteiger charge is -2.30. The Labute approximate surface area is 109 Å². The third-order valence-corrected chi connectivity index (χ3v) is 5.22. The van der Waals surface area contributed by atoms with Gasteiger partial charge < -0.3 is 0 Å². The predicted octanol–water partition coefficient (Wildman–Crippen LogP) is 1.85. The van der Waals surface area contributed by atoms with E-state index in [1.54, 1.807) is 11.4 Å². The summed E-state index contributed by atoms with van der Waals surface area (Å²) in [5.74, 6) is 0. The molecule has 0 radical (unpaired) electrons. The quantitative estimate of drug-likeness (QED) is 0.836. The van der Waals surface area contributed by atoms with Gasteiger partial charge in [-0.05, 0) is 18.4 Å². The van der Waals surface area contributed by atoms with Gasteiger partial charge in [-0.25, -0.2) is 0 Å². The van der Waals surface area contributed by atoms with Crippen molar-refractivity contribution in [3.8, 4) is 0 Å². The molecule has 100 valence electrons. The van der Waals surface area contributed by atoms with Crippen LogP contribution in [-0.4, -0.2) is 37.2 Å². The molecule has 1 heterocycles. The Balaban J connectivity index is 2.05. The molecule has 0 aromatic heterocycles. The SMILES string of the molecule is CN(Cc1ccccc1)S(=O)(=O)N1CCCCC1. The van der Waals surface area contributed by atoms with E-state index in [4.69, 9.17) is 0 Å². The van der Waals surface area contributed by atoms with Crippen molar-refractivity contribution >= 4 is 10.2 Å². The van der Waals surface area contributed by atoms with Gasteiger partial charge >= 0.3 is 0 Å². The van der Waals surface area contributed by atoms with E-state index < -0.39 is 10.2 Å². The van der Waals surface area contributed by atoms with Crippen molar-refractivity contribution in [3.63, 3.8) is 0 Å². The number of piperidine rings is 1. The van der Waals surface area contributed by atoms with Gasteiger partial charge in [0.2, 0.25) is 0 Å². The average molecular weight is 268 g/mol. The van der Waals surface area contributed by atoms with Crippen LogP contribution < -0.4 is 0 Å². The smallest absolute Gasteiger partial charge is 0.195 e. The molecule has 1 fully saturated rings. The van der Waals surface area contributed by atoms with E-state index in [0.717, 1.165) is 24.8 Å². The zero-order valence-electron chi connectivity index (χ0n) is 10.7. The summed E-state index contributed by atoms with van der Waals surface area (Å²) in [6.07, 6.45) is 3.07. The lowest BCUT2D eigenvalue weighted by molar-refractivity contribution is 0.314. The Morgan fingerprint density at radius 2 is 1.72 bits per heavy atom. The highest BCUT2D eigenvalue weighted by molar-refractivity contribution is 7.86.